The molecule has 0 saturated heterocycles. The summed E-state index contributed by atoms with van der Waals surface area (Å²) >= 11 is 6.21. The highest BCUT2D eigenvalue weighted by atomic mass is 35.5. The maximum Gasteiger partial charge on any atom is 0.573 e. The first-order valence-corrected chi connectivity index (χ1v) is 15.6. The predicted molar refractivity (Wildman–Crippen MR) is 155 cm³/mol. The third-order valence-corrected chi connectivity index (χ3v) is 8.44. The van der Waals surface area contributed by atoms with E-state index in [0.29, 0.717) is 47.5 Å². The van der Waals surface area contributed by atoms with Crippen molar-refractivity contribution in [3.05, 3.63) is 76.3 Å². The molecule has 0 saturated carbocycles. The van der Waals surface area contributed by atoms with Gasteiger partial charge in [0.15, 0.2) is 15.6 Å². The van der Waals surface area contributed by atoms with Gasteiger partial charge in [0.25, 0.3) is 0 Å². The Labute approximate surface area is 252 Å². The van der Waals surface area contributed by atoms with Crippen LogP contribution in [0.5, 0.6) is 17.2 Å². The van der Waals surface area contributed by atoms with Crippen molar-refractivity contribution < 1.29 is 45.7 Å². The van der Waals surface area contributed by atoms with Gasteiger partial charge in [-0.05, 0) is 73.2 Å². The van der Waals surface area contributed by atoms with Crippen LogP contribution in [0.25, 0.3) is 0 Å². The predicted octanol–water partition coefficient (Wildman–Crippen LogP) is 5.94. The number of alkyl halides is 3. The molecular weight excluding hydrogens is 611 g/mol. The van der Waals surface area contributed by atoms with E-state index in [1.807, 2.05) is 0 Å². The van der Waals surface area contributed by atoms with Crippen molar-refractivity contribution >= 4 is 32.9 Å². The molecule has 2 atom stereocenters. The highest BCUT2D eigenvalue weighted by molar-refractivity contribution is 7.90. The van der Waals surface area contributed by atoms with Crippen molar-refractivity contribution in [3.63, 3.8) is 0 Å². The lowest BCUT2D eigenvalue weighted by molar-refractivity contribution is -0.274. The highest BCUT2D eigenvalue weighted by Crippen LogP contribution is 2.38. The van der Waals surface area contributed by atoms with Crippen LogP contribution >= 0.6 is 11.6 Å². The van der Waals surface area contributed by atoms with Crippen molar-refractivity contribution in [2.75, 3.05) is 31.9 Å². The van der Waals surface area contributed by atoms with Crippen molar-refractivity contribution in [2.45, 2.75) is 43.0 Å². The first-order valence-electron chi connectivity index (χ1n) is 13.4. The molecule has 0 radical (unpaired) electrons. The molecule has 4 rings (SSSR count). The second kappa shape index (κ2) is 13.4. The number of fused-ring (bicyclic) bond motifs is 1. The highest BCUT2D eigenvalue weighted by Gasteiger charge is 2.34. The summed E-state index contributed by atoms with van der Waals surface area (Å²) in [5, 5.41) is 12.9. The number of Topliss-reactive ketones (excluding diaryl/α,β-unsaturated/α-hetero) is 1. The molecule has 0 spiro atoms. The van der Waals surface area contributed by atoms with Crippen LogP contribution in [-0.2, 0) is 27.5 Å². The molecule has 0 fully saturated rings. The molecule has 0 heterocycles. The zero-order valence-corrected chi connectivity index (χ0v) is 25.0. The first-order chi connectivity index (χ1) is 20.3. The number of methoxy groups -OCH3 is 1. The fourth-order valence-electron chi connectivity index (χ4n) is 5.08. The number of anilines is 1. The van der Waals surface area contributed by atoms with Crippen LogP contribution < -0.4 is 19.5 Å². The molecule has 1 aliphatic carbocycles. The Balaban J connectivity index is 1.70. The molecule has 3 aromatic carbocycles. The maximum absolute atomic E-state index is 14.3. The van der Waals surface area contributed by atoms with Gasteiger partial charge in [0.05, 0.1) is 18.6 Å². The molecule has 0 aliphatic heterocycles. The Kier molecular flexibility index (Phi) is 10.1. The van der Waals surface area contributed by atoms with Gasteiger partial charge in [-0.25, -0.2) is 8.42 Å². The fraction of sp³-hybridized carbons (Fsp3) is 0.367. The molecule has 2 N–H and O–H groups in total. The Morgan fingerprint density at radius 3 is 2.42 bits per heavy atom. The number of sulfone groups is 1. The number of aryl methyl sites for hydroxylation is 2. The third kappa shape index (κ3) is 8.55. The van der Waals surface area contributed by atoms with Crippen LogP contribution in [0.2, 0.25) is 5.02 Å². The number of rotatable bonds is 11. The van der Waals surface area contributed by atoms with Gasteiger partial charge in [0.2, 0.25) is 0 Å². The molecule has 3 aromatic rings. The largest absolute Gasteiger partial charge is 0.573 e. The normalized spacial score (nSPS) is 16.0. The Bertz CT molecular complexity index is 1580. The first kappa shape index (κ1) is 32.4. The average molecular weight is 642 g/mol. The number of carbonyl (C=O) groups excluding carboxylic acids is 1. The van der Waals surface area contributed by atoms with Crippen LogP contribution in [-0.4, -0.2) is 52.2 Å². The number of halogens is 4. The molecule has 2 unspecified atom stereocenters. The number of hydrogen-bond acceptors (Lipinski definition) is 8. The van der Waals surface area contributed by atoms with Gasteiger partial charge < -0.3 is 24.6 Å². The minimum Gasteiger partial charge on any atom is -0.497 e. The van der Waals surface area contributed by atoms with E-state index >= 15 is 0 Å². The standard InChI is InChI=1S/C30H31ClF3NO7S/c1-40-24-15-22(16-25(17-24)43(2,38)39)35-28(26-10-8-21(31)14-27(26)41-12-11-36)29(37)19-4-3-18-7-9-23(42-30(32,33)34)13-20(18)6-5-19/h7-10,13-17,19,28,35-36H,3-6,11-12H2,1-2H3. The van der Waals surface area contributed by atoms with Gasteiger partial charge in [0, 0.05) is 34.5 Å². The number of ketones is 1. The summed E-state index contributed by atoms with van der Waals surface area (Å²) in [6.45, 7) is -0.348. The molecule has 43 heavy (non-hydrogen) atoms. The molecule has 8 nitrogen and oxygen atoms in total. The Hall–Kier alpha value is -3.48. The second-order valence-corrected chi connectivity index (χ2v) is 12.6. The Morgan fingerprint density at radius 2 is 1.77 bits per heavy atom. The number of aliphatic hydroxyl groups excluding tert-OH is 1. The van der Waals surface area contributed by atoms with Crippen LogP contribution in [0.1, 0.15) is 35.6 Å². The van der Waals surface area contributed by atoms with E-state index in [4.69, 9.17) is 21.1 Å². The maximum atomic E-state index is 14.3. The van der Waals surface area contributed by atoms with Crippen molar-refractivity contribution in [3.8, 4) is 17.2 Å². The van der Waals surface area contributed by atoms with Crippen molar-refractivity contribution in [2.24, 2.45) is 5.92 Å². The summed E-state index contributed by atoms with van der Waals surface area (Å²) in [7, 11) is -2.24. The zero-order chi connectivity index (χ0) is 31.4. The van der Waals surface area contributed by atoms with Crippen LogP contribution in [0.15, 0.2) is 59.5 Å². The van der Waals surface area contributed by atoms with Gasteiger partial charge in [-0.1, -0.05) is 23.7 Å². The van der Waals surface area contributed by atoms with Gasteiger partial charge in [-0.15, -0.1) is 13.2 Å². The molecular formula is C30H31ClF3NO7S. The van der Waals surface area contributed by atoms with E-state index in [1.54, 1.807) is 24.3 Å². The minimum absolute atomic E-state index is 0.0183. The monoisotopic (exact) mass is 641 g/mol. The van der Waals surface area contributed by atoms with E-state index in [0.717, 1.165) is 11.8 Å². The smallest absolute Gasteiger partial charge is 0.497 e. The van der Waals surface area contributed by atoms with E-state index in [2.05, 4.69) is 10.1 Å². The van der Waals surface area contributed by atoms with Crippen molar-refractivity contribution in [1.29, 1.82) is 0 Å². The number of nitrogens with one attached hydrogen (secondary N) is 1. The molecule has 13 heteroatoms. The second-order valence-electron chi connectivity index (χ2n) is 10.2. The summed E-state index contributed by atoms with van der Waals surface area (Å²) in [4.78, 5) is 14.3. The SMILES string of the molecule is COc1cc(NC(C(=O)C2CCc3ccc(OC(F)(F)F)cc3CC2)c2ccc(Cl)cc2OCCO)cc(S(C)(=O)=O)c1. The lowest BCUT2D eigenvalue weighted by atomic mass is 9.87. The molecule has 0 amide bonds. The zero-order valence-electron chi connectivity index (χ0n) is 23.4. The summed E-state index contributed by atoms with van der Waals surface area (Å²) < 4.78 is 78.2. The summed E-state index contributed by atoms with van der Waals surface area (Å²) in [6.07, 6.45) is -2.18. The molecule has 232 valence electrons. The summed E-state index contributed by atoms with van der Waals surface area (Å²) in [6, 6.07) is 12.2. The Morgan fingerprint density at radius 1 is 1.05 bits per heavy atom. The quantitative estimate of drug-likeness (QED) is 0.248. The number of hydrogen-bond donors (Lipinski definition) is 2. The minimum atomic E-state index is -4.82. The number of benzene rings is 3. The topological polar surface area (TPSA) is 111 Å². The fourth-order valence-corrected chi connectivity index (χ4v) is 5.92. The van der Waals surface area contributed by atoms with E-state index in [1.165, 1.54) is 37.4 Å². The van der Waals surface area contributed by atoms with Gasteiger partial charge in [0.1, 0.15) is 29.9 Å². The number of ether oxygens (including phenoxy) is 3. The molecule has 1 aliphatic rings. The van der Waals surface area contributed by atoms with Crippen LogP contribution in [0.4, 0.5) is 18.9 Å². The van der Waals surface area contributed by atoms with Crippen molar-refractivity contribution in [1.82, 2.24) is 0 Å². The van der Waals surface area contributed by atoms with E-state index < -0.39 is 28.2 Å². The summed E-state index contributed by atoms with van der Waals surface area (Å²) in [5.74, 6) is -0.560. The molecule has 0 bridgehead atoms. The average Bonchev–Trinajstić information content (AvgIpc) is 3.15. The lowest BCUT2D eigenvalue weighted by Crippen LogP contribution is -2.29. The van der Waals surface area contributed by atoms with Crippen LogP contribution in [0.3, 0.4) is 0 Å². The number of carbonyl (C=O) groups is 1. The van der Waals surface area contributed by atoms with Gasteiger partial charge in [-0.3, -0.25) is 4.79 Å². The van der Waals surface area contributed by atoms with Gasteiger partial charge in [-0.2, -0.15) is 0 Å². The third-order valence-electron chi connectivity index (χ3n) is 7.11. The van der Waals surface area contributed by atoms with Gasteiger partial charge >= 0.3 is 6.36 Å². The summed E-state index contributed by atoms with van der Waals surface area (Å²) in [5.41, 5.74) is 2.21. The lowest BCUT2D eigenvalue weighted by Gasteiger charge is -2.26. The number of aliphatic hydroxyl groups is 1. The molecule has 0 aromatic heterocycles. The van der Waals surface area contributed by atoms with E-state index in [-0.39, 0.29) is 41.1 Å². The van der Waals surface area contributed by atoms with E-state index in [9.17, 15) is 31.5 Å². The van der Waals surface area contributed by atoms with Crippen LogP contribution in [0, 0.1) is 5.92 Å².